The molecule has 5 aromatic rings. The highest BCUT2D eigenvalue weighted by Crippen LogP contribution is 2.32. The molecule has 0 unspecified atom stereocenters. The van der Waals surface area contributed by atoms with Crippen LogP contribution in [0, 0.1) is 24.0 Å². The van der Waals surface area contributed by atoms with Crippen LogP contribution in [0.2, 0.25) is 5.02 Å². The average molecular weight is 452 g/mol. The molecule has 0 radical (unpaired) electrons. The second-order valence-electron chi connectivity index (χ2n) is 7.22. The van der Waals surface area contributed by atoms with E-state index >= 15 is 0 Å². The Labute approximate surface area is 184 Å². The van der Waals surface area contributed by atoms with E-state index in [4.69, 9.17) is 16.0 Å². The van der Waals surface area contributed by atoms with Gasteiger partial charge in [0.05, 0.1) is 21.0 Å². The fourth-order valence-corrected chi connectivity index (χ4v) is 4.86. The molecule has 0 N–H and O–H groups in total. The Morgan fingerprint density at radius 1 is 1.19 bits per heavy atom. The second-order valence-corrected chi connectivity index (χ2v) is 8.63. The van der Waals surface area contributed by atoms with Crippen molar-refractivity contribution < 1.29 is 9.34 Å². The lowest BCUT2D eigenvalue weighted by molar-refractivity contribution is -0.384. The molecule has 9 heteroatoms. The van der Waals surface area contributed by atoms with Crippen molar-refractivity contribution in [1.82, 2.24) is 9.38 Å². The van der Waals surface area contributed by atoms with Gasteiger partial charge >= 0.3 is 0 Å². The molecule has 0 saturated carbocycles. The molecule has 0 spiro atoms. The van der Waals surface area contributed by atoms with Gasteiger partial charge in [0.25, 0.3) is 11.2 Å². The van der Waals surface area contributed by atoms with Crippen molar-refractivity contribution in [3.63, 3.8) is 0 Å². The number of thiazole rings is 1. The predicted octanol–water partition coefficient (Wildman–Crippen LogP) is 4.90. The molecule has 0 saturated heterocycles. The van der Waals surface area contributed by atoms with Gasteiger partial charge in [0.2, 0.25) is 0 Å². The van der Waals surface area contributed by atoms with Crippen LogP contribution in [0.4, 0.5) is 5.69 Å². The zero-order chi connectivity index (χ0) is 21.9. The summed E-state index contributed by atoms with van der Waals surface area (Å²) in [5.41, 5.74) is 4.01. The van der Waals surface area contributed by atoms with Crippen LogP contribution < -0.4 is 10.1 Å². The molecule has 0 amide bonds. The second kappa shape index (κ2) is 7.04. The number of hydrogen-bond donors (Lipinski definition) is 0. The molecule has 3 aromatic heterocycles. The van der Waals surface area contributed by atoms with Crippen molar-refractivity contribution in [1.29, 1.82) is 0 Å². The van der Waals surface area contributed by atoms with Crippen molar-refractivity contribution in [2.45, 2.75) is 13.8 Å². The van der Waals surface area contributed by atoms with Gasteiger partial charge in [-0.25, -0.2) is 9.38 Å². The summed E-state index contributed by atoms with van der Waals surface area (Å²) in [6.45, 7) is 3.97. The molecule has 0 bridgehead atoms. The SMILES string of the molecule is Cc1cc(C)c2nc3s/c(=C\c4ccc(-c5ccc([N+](=O)[O-])cc5Cl)o4)c(=O)n3c2c1. The number of aromatic nitrogens is 2. The molecule has 2 aromatic carbocycles. The number of nitro benzene ring substituents is 1. The Bertz CT molecular complexity index is 1630. The molecule has 0 aliphatic heterocycles. The standard InChI is InChI=1S/C22H14ClN3O4S/c1-11-7-12(2)20-17(8-11)25-21(27)19(31-22(25)24-20)10-14-4-6-18(30-14)15-5-3-13(26(28)29)9-16(15)23/h3-10H,1-2H3/b19-10-. The van der Waals surface area contributed by atoms with Crippen LogP contribution in [-0.2, 0) is 0 Å². The highest BCUT2D eigenvalue weighted by Gasteiger charge is 2.15. The van der Waals surface area contributed by atoms with E-state index in [0.717, 1.165) is 22.2 Å². The Morgan fingerprint density at radius 2 is 2.00 bits per heavy atom. The Kier molecular flexibility index (Phi) is 4.42. The number of rotatable bonds is 3. The van der Waals surface area contributed by atoms with Crippen molar-refractivity contribution in [2.24, 2.45) is 0 Å². The maximum Gasteiger partial charge on any atom is 0.275 e. The summed E-state index contributed by atoms with van der Waals surface area (Å²) >= 11 is 7.48. The number of fused-ring (bicyclic) bond motifs is 3. The zero-order valence-electron chi connectivity index (χ0n) is 16.4. The van der Waals surface area contributed by atoms with Crippen LogP contribution in [-0.4, -0.2) is 14.3 Å². The van der Waals surface area contributed by atoms with Crippen molar-refractivity contribution >= 4 is 50.7 Å². The smallest absolute Gasteiger partial charge is 0.275 e. The topological polar surface area (TPSA) is 90.7 Å². The van der Waals surface area contributed by atoms with Crippen molar-refractivity contribution in [3.8, 4) is 11.3 Å². The predicted molar refractivity (Wildman–Crippen MR) is 121 cm³/mol. The maximum absolute atomic E-state index is 13.0. The number of imidazole rings is 1. The number of nitro groups is 1. The molecular weight excluding hydrogens is 438 g/mol. The van der Waals surface area contributed by atoms with Crippen molar-refractivity contribution in [2.75, 3.05) is 0 Å². The summed E-state index contributed by atoms with van der Waals surface area (Å²) in [4.78, 5) is 28.7. The van der Waals surface area contributed by atoms with Gasteiger partial charge < -0.3 is 4.42 Å². The van der Waals surface area contributed by atoms with E-state index in [-0.39, 0.29) is 16.3 Å². The van der Waals surface area contributed by atoms with Crippen LogP contribution >= 0.6 is 22.9 Å². The molecule has 0 aliphatic carbocycles. The van der Waals surface area contributed by atoms with E-state index in [1.807, 2.05) is 26.0 Å². The van der Waals surface area contributed by atoms with Gasteiger partial charge in [-0.3, -0.25) is 14.9 Å². The molecule has 0 atom stereocenters. The molecule has 0 aliphatic rings. The number of hydrogen-bond acceptors (Lipinski definition) is 6. The summed E-state index contributed by atoms with van der Waals surface area (Å²) < 4.78 is 7.96. The number of benzene rings is 2. The van der Waals surface area contributed by atoms with Gasteiger partial charge in [-0.2, -0.15) is 0 Å². The van der Waals surface area contributed by atoms with Gasteiger partial charge in [-0.1, -0.05) is 29.0 Å². The first-order valence-electron chi connectivity index (χ1n) is 9.30. The number of non-ortho nitro benzene ring substituents is 1. The van der Waals surface area contributed by atoms with Crippen molar-refractivity contribution in [3.05, 3.63) is 89.4 Å². The fraction of sp³-hybridized carbons (Fsp3) is 0.0909. The number of aryl methyl sites for hydroxylation is 2. The molecular formula is C22H14ClN3O4S. The largest absolute Gasteiger partial charge is 0.457 e. The molecule has 5 rings (SSSR count). The van der Waals surface area contributed by atoms with Crippen LogP contribution in [0.1, 0.15) is 16.9 Å². The maximum atomic E-state index is 13.0. The third-order valence-electron chi connectivity index (χ3n) is 5.01. The first-order valence-corrected chi connectivity index (χ1v) is 10.5. The van der Waals surface area contributed by atoms with Gasteiger partial charge in [0, 0.05) is 23.8 Å². The van der Waals surface area contributed by atoms with E-state index in [9.17, 15) is 14.9 Å². The Balaban J connectivity index is 1.59. The van der Waals surface area contributed by atoms with Gasteiger partial charge in [-0.15, -0.1) is 0 Å². The van der Waals surface area contributed by atoms with E-state index in [1.165, 1.54) is 29.5 Å². The Hall–Kier alpha value is -3.49. The summed E-state index contributed by atoms with van der Waals surface area (Å²) in [6, 6.07) is 11.6. The molecule has 0 fully saturated rings. The number of halogens is 1. The highest BCUT2D eigenvalue weighted by atomic mass is 35.5. The van der Waals surface area contributed by atoms with E-state index in [1.54, 1.807) is 22.6 Å². The summed E-state index contributed by atoms with van der Waals surface area (Å²) in [6.07, 6.45) is 1.67. The first kappa shape index (κ1) is 19.5. The summed E-state index contributed by atoms with van der Waals surface area (Å²) in [7, 11) is 0. The monoisotopic (exact) mass is 451 g/mol. The van der Waals surface area contributed by atoms with Crippen LogP contribution in [0.25, 0.3) is 33.4 Å². The highest BCUT2D eigenvalue weighted by molar-refractivity contribution is 7.15. The minimum absolute atomic E-state index is 0.0947. The van der Waals surface area contributed by atoms with E-state index in [0.29, 0.717) is 26.6 Å². The lowest BCUT2D eigenvalue weighted by atomic mass is 10.1. The van der Waals surface area contributed by atoms with Gasteiger partial charge in [-0.05, 0) is 49.2 Å². The van der Waals surface area contributed by atoms with Gasteiger partial charge in [0.1, 0.15) is 16.1 Å². The zero-order valence-corrected chi connectivity index (χ0v) is 18.0. The summed E-state index contributed by atoms with van der Waals surface area (Å²) in [5, 5.41) is 11.1. The summed E-state index contributed by atoms with van der Waals surface area (Å²) in [5.74, 6) is 0.930. The minimum atomic E-state index is -0.507. The molecule has 3 heterocycles. The molecule has 31 heavy (non-hydrogen) atoms. The number of furan rings is 1. The lowest BCUT2D eigenvalue weighted by Gasteiger charge is -2.00. The Morgan fingerprint density at radius 3 is 2.74 bits per heavy atom. The molecule has 7 nitrogen and oxygen atoms in total. The third kappa shape index (κ3) is 3.20. The lowest BCUT2D eigenvalue weighted by Crippen LogP contribution is -2.22. The normalized spacial score (nSPS) is 12.3. The van der Waals surface area contributed by atoms with Crippen LogP contribution in [0.5, 0.6) is 0 Å². The minimum Gasteiger partial charge on any atom is -0.457 e. The van der Waals surface area contributed by atoms with E-state index < -0.39 is 4.92 Å². The van der Waals surface area contributed by atoms with Gasteiger partial charge in [0.15, 0.2) is 4.96 Å². The third-order valence-corrected chi connectivity index (χ3v) is 6.29. The average Bonchev–Trinajstić information content (AvgIpc) is 3.38. The number of nitrogens with zero attached hydrogens (tertiary/aromatic N) is 3. The fourth-order valence-electron chi connectivity index (χ4n) is 3.63. The quantitative estimate of drug-likeness (QED) is 0.287. The van der Waals surface area contributed by atoms with E-state index in [2.05, 4.69) is 4.98 Å². The van der Waals surface area contributed by atoms with Crippen LogP contribution in [0.3, 0.4) is 0 Å². The van der Waals surface area contributed by atoms with Crippen LogP contribution in [0.15, 0.2) is 51.7 Å². The molecule has 154 valence electrons. The first-order chi connectivity index (χ1) is 14.8.